The number of ether oxygens (including phenoxy) is 1. The van der Waals surface area contributed by atoms with Gasteiger partial charge < -0.3 is 9.84 Å². The van der Waals surface area contributed by atoms with Crippen molar-refractivity contribution in [3.05, 3.63) is 53.3 Å². The quantitative estimate of drug-likeness (QED) is 0.713. The van der Waals surface area contributed by atoms with E-state index in [-0.39, 0.29) is 34.0 Å². The number of aromatic nitrogens is 2. The summed E-state index contributed by atoms with van der Waals surface area (Å²) in [5.41, 5.74) is 0.887. The van der Waals surface area contributed by atoms with Gasteiger partial charge in [0.1, 0.15) is 10.6 Å². The molecule has 1 N–H and O–H groups in total. The Labute approximate surface area is 155 Å². The molecule has 0 fully saturated rings. The molecular weight excluding hydrogens is 370 g/mol. The van der Waals surface area contributed by atoms with E-state index in [4.69, 9.17) is 10.00 Å². The Balaban J connectivity index is 2.38. The van der Waals surface area contributed by atoms with Gasteiger partial charge in [-0.3, -0.25) is 4.79 Å². The maximum absolute atomic E-state index is 13.4. The summed E-state index contributed by atoms with van der Waals surface area (Å²) in [6.07, 6.45) is 1.09. The van der Waals surface area contributed by atoms with Crippen molar-refractivity contribution in [2.45, 2.75) is 18.2 Å². The summed E-state index contributed by atoms with van der Waals surface area (Å²) in [5.74, 6) is -1.01. The molecule has 0 amide bonds. The van der Waals surface area contributed by atoms with Gasteiger partial charge in [-0.05, 0) is 42.8 Å². The number of carboxylic acids is 1. The number of fused-ring (bicyclic) bond motifs is 1. The summed E-state index contributed by atoms with van der Waals surface area (Å²) < 4.78 is 33.0. The van der Waals surface area contributed by atoms with E-state index in [1.807, 2.05) is 6.07 Å². The normalized spacial score (nSPS) is 11.3. The van der Waals surface area contributed by atoms with Gasteiger partial charge in [0.05, 0.1) is 25.2 Å². The highest BCUT2D eigenvalue weighted by molar-refractivity contribution is 7.90. The standard InChI is InChI=1S/C18H15N3O5S/c1-11-14(9-17(22)23)13-4-3-7-20-18(13)21(11)27(24,25)16-8-12(10-19)5-6-15(16)26-2/h3-8H,9H2,1-2H3,(H,22,23). The van der Waals surface area contributed by atoms with Gasteiger partial charge in [-0.15, -0.1) is 0 Å². The predicted octanol–water partition coefficient (Wildman–Crippen LogP) is 2.09. The first-order valence-electron chi connectivity index (χ1n) is 7.81. The largest absolute Gasteiger partial charge is 0.495 e. The number of carboxylic acid groups (broad SMARTS) is 1. The Kier molecular flexibility index (Phi) is 4.59. The van der Waals surface area contributed by atoms with Crippen LogP contribution in [-0.4, -0.2) is 35.6 Å². The molecule has 0 radical (unpaired) electrons. The number of rotatable bonds is 5. The fourth-order valence-electron chi connectivity index (χ4n) is 2.99. The van der Waals surface area contributed by atoms with Gasteiger partial charge in [0.15, 0.2) is 5.65 Å². The smallest absolute Gasteiger partial charge is 0.307 e. The number of carbonyl (C=O) groups is 1. The molecule has 0 aliphatic carbocycles. The van der Waals surface area contributed by atoms with Crippen LogP contribution in [0.5, 0.6) is 5.75 Å². The zero-order chi connectivity index (χ0) is 19.8. The molecule has 0 saturated heterocycles. The molecule has 9 heteroatoms. The number of nitriles is 1. The molecule has 2 heterocycles. The third-order valence-electron chi connectivity index (χ3n) is 4.18. The number of methoxy groups -OCH3 is 1. The molecule has 0 aliphatic heterocycles. The number of aliphatic carboxylic acids is 1. The van der Waals surface area contributed by atoms with Gasteiger partial charge in [-0.1, -0.05) is 0 Å². The highest BCUT2D eigenvalue weighted by Gasteiger charge is 2.29. The first-order valence-corrected chi connectivity index (χ1v) is 9.25. The van der Waals surface area contributed by atoms with E-state index in [1.54, 1.807) is 12.1 Å². The lowest BCUT2D eigenvalue weighted by Crippen LogP contribution is -2.16. The van der Waals surface area contributed by atoms with Gasteiger partial charge in [0, 0.05) is 17.3 Å². The summed E-state index contributed by atoms with van der Waals surface area (Å²) in [6, 6.07) is 9.22. The second kappa shape index (κ2) is 6.74. The molecule has 0 bridgehead atoms. The summed E-state index contributed by atoms with van der Waals surface area (Å²) in [5, 5.41) is 18.8. The van der Waals surface area contributed by atoms with Crippen molar-refractivity contribution in [1.29, 1.82) is 5.26 Å². The Morgan fingerprint density at radius 1 is 1.37 bits per heavy atom. The summed E-state index contributed by atoms with van der Waals surface area (Å²) in [7, 11) is -2.87. The minimum atomic E-state index is -4.20. The van der Waals surface area contributed by atoms with Crippen LogP contribution in [0.1, 0.15) is 16.8 Å². The SMILES string of the molecule is COc1ccc(C#N)cc1S(=O)(=O)n1c(C)c(CC(=O)O)c2cccnc21. The second-order valence-electron chi connectivity index (χ2n) is 5.76. The average Bonchev–Trinajstić information content (AvgIpc) is 2.93. The van der Waals surface area contributed by atoms with E-state index in [9.17, 15) is 18.3 Å². The lowest BCUT2D eigenvalue weighted by atomic mass is 10.1. The molecule has 0 aliphatic rings. The summed E-state index contributed by atoms with van der Waals surface area (Å²) in [6.45, 7) is 1.53. The first kappa shape index (κ1) is 18.4. The average molecular weight is 385 g/mol. The topological polar surface area (TPSA) is 122 Å². The zero-order valence-electron chi connectivity index (χ0n) is 14.5. The van der Waals surface area contributed by atoms with Crippen LogP contribution in [0.2, 0.25) is 0 Å². The minimum Gasteiger partial charge on any atom is -0.495 e. The molecule has 0 atom stereocenters. The lowest BCUT2D eigenvalue weighted by molar-refractivity contribution is -0.136. The molecule has 2 aromatic heterocycles. The Morgan fingerprint density at radius 3 is 2.74 bits per heavy atom. The van der Waals surface area contributed by atoms with E-state index in [1.165, 1.54) is 38.4 Å². The number of pyridine rings is 1. The molecule has 138 valence electrons. The molecular formula is C18H15N3O5S. The molecule has 8 nitrogen and oxygen atoms in total. The number of nitrogens with zero attached hydrogens (tertiary/aromatic N) is 3. The first-order chi connectivity index (χ1) is 12.8. The fourth-order valence-corrected chi connectivity index (χ4v) is 4.71. The second-order valence-corrected chi connectivity index (χ2v) is 7.51. The van der Waals surface area contributed by atoms with Crippen LogP contribution in [0.25, 0.3) is 11.0 Å². The van der Waals surface area contributed by atoms with Crippen LogP contribution in [0, 0.1) is 18.3 Å². The van der Waals surface area contributed by atoms with Crippen molar-refractivity contribution in [3.8, 4) is 11.8 Å². The third kappa shape index (κ3) is 3.00. The number of hydrogen-bond donors (Lipinski definition) is 1. The highest BCUT2D eigenvalue weighted by atomic mass is 32.2. The number of hydrogen-bond acceptors (Lipinski definition) is 6. The maximum atomic E-state index is 13.4. The van der Waals surface area contributed by atoms with Crippen LogP contribution in [-0.2, 0) is 21.2 Å². The van der Waals surface area contributed by atoms with E-state index >= 15 is 0 Å². The van der Waals surface area contributed by atoms with Gasteiger partial charge in [0.25, 0.3) is 10.0 Å². The number of benzene rings is 1. The monoisotopic (exact) mass is 385 g/mol. The Hall–Kier alpha value is -3.38. The summed E-state index contributed by atoms with van der Waals surface area (Å²) in [4.78, 5) is 15.2. The van der Waals surface area contributed by atoms with Crippen LogP contribution < -0.4 is 4.74 Å². The van der Waals surface area contributed by atoms with Gasteiger partial charge in [0.2, 0.25) is 0 Å². The molecule has 3 rings (SSSR count). The lowest BCUT2D eigenvalue weighted by Gasteiger charge is -2.13. The van der Waals surface area contributed by atoms with Gasteiger partial charge in [-0.2, -0.15) is 5.26 Å². The van der Waals surface area contributed by atoms with E-state index < -0.39 is 16.0 Å². The van der Waals surface area contributed by atoms with Crippen molar-refractivity contribution >= 4 is 27.0 Å². The third-order valence-corrected chi connectivity index (χ3v) is 5.99. The fraction of sp³-hybridized carbons (Fsp3) is 0.167. The predicted molar refractivity (Wildman–Crippen MR) is 96.1 cm³/mol. The molecule has 0 unspecified atom stereocenters. The van der Waals surface area contributed by atoms with Crippen molar-refractivity contribution in [2.24, 2.45) is 0 Å². The molecule has 3 aromatic rings. The zero-order valence-corrected chi connectivity index (χ0v) is 15.3. The van der Waals surface area contributed by atoms with Crippen molar-refractivity contribution in [3.63, 3.8) is 0 Å². The van der Waals surface area contributed by atoms with Crippen LogP contribution >= 0.6 is 0 Å². The Bertz CT molecular complexity index is 1210. The van der Waals surface area contributed by atoms with Gasteiger partial charge >= 0.3 is 5.97 Å². The Morgan fingerprint density at radius 2 is 2.11 bits per heavy atom. The van der Waals surface area contributed by atoms with E-state index in [0.717, 1.165) is 3.97 Å². The highest BCUT2D eigenvalue weighted by Crippen LogP contribution is 2.33. The summed E-state index contributed by atoms with van der Waals surface area (Å²) >= 11 is 0. The van der Waals surface area contributed by atoms with Crippen LogP contribution in [0.4, 0.5) is 0 Å². The minimum absolute atomic E-state index is 0.0750. The van der Waals surface area contributed by atoms with Crippen LogP contribution in [0.3, 0.4) is 0 Å². The van der Waals surface area contributed by atoms with Gasteiger partial charge in [-0.25, -0.2) is 17.4 Å². The molecule has 0 saturated carbocycles. The van der Waals surface area contributed by atoms with E-state index in [0.29, 0.717) is 10.9 Å². The van der Waals surface area contributed by atoms with E-state index in [2.05, 4.69) is 4.98 Å². The van der Waals surface area contributed by atoms with Crippen molar-refractivity contribution in [2.75, 3.05) is 7.11 Å². The van der Waals surface area contributed by atoms with Crippen LogP contribution in [0.15, 0.2) is 41.4 Å². The van der Waals surface area contributed by atoms with Crippen molar-refractivity contribution < 1.29 is 23.1 Å². The molecule has 1 aromatic carbocycles. The maximum Gasteiger partial charge on any atom is 0.307 e. The van der Waals surface area contributed by atoms with Crippen molar-refractivity contribution in [1.82, 2.24) is 8.96 Å². The molecule has 0 spiro atoms. The molecule has 27 heavy (non-hydrogen) atoms.